The Morgan fingerprint density at radius 1 is 1.29 bits per heavy atom. The number of guanidine groups is 1. The minimum atomic E-state index is -0.749. The lowest BCUT2D eigenvalue weighted by Gasteiger charge is -2.19. The number of primary amides is 1. The summed E-state index contributed by atoms with van der Waals surface area (Å²) < 4.78 is 0. The van der Waals surface area contributed by atoms with Gasteiger partial charge in [-0.1, -0.05) is 18.5 Å². The van der Waals surface area contributed by atoms with E-state index in [4.69, 9.17) is 28.8 Å². The molecule has 1 atom stereocenters. The van der Waals surface area contributed by atoms with Gasteiger partial charge in [-0.15, -0.1) is 0 Å². The van der Waals surface area contributed by atoms with E-state index in [1.54, 1.807) is 0 Å². The van der Waals surface area contributed by atoms with E-state index in [9.17, 15) is 9.59 Å². The average molecular weight is 358 g/mol. The first-order valence-corrected chi connectivity index (χ1v) is 7.32. The predicted octanol–water partition coefficient (Wildman–Crippen LogP) is -0.953. The molecule has 1 aromatic heterocycles. The number of nitrogens with one attached hydrogen (secondary N) is 3. The summed E-state index contributed by atoms with van der Waals surface area (Å²) in [7, 11) is 1.48. The van der Waals surface area contributed by atoms with Crippen LogP contribution in [0.2, 0.25) is 5.15 Å². The highest BCUT2D eigenvalue weighted by Crippen LogP contribution is 2.17. The number of aliphatic imine (C=N–C) groups is 1. The van der Waals surface area contributed by atoms with Gasteiger partial charge in [-0.25, -0.2) is 14.8 Å². The van der Waals surface area contributed by atoms with Crippen LogP contribution in [-0.4, -0.2) is 47.5 Å². The second-order valence-electron chi connectivity index (χ2n) is 4.65. The molecule has 0 radical (unpaired) electrons. The normalized spacial score (nSPS) is 12.4. The van der Waals surface area contributed by atoms with Crippen molar-refractivity contribution in [3.63, 3.8) is 0 Å². The molecule has 24 heavy (non-hydrogen) atoms. The zero-order chi connectivity index (χ0) is 18.3. The van der Waals surface area contributed by atoms with Crippen molar-refractivity contribution in [1.82, 2.24) is 25.9 Å². The molecular formula is C12H20ClN9O2. The summed E-state index contributed by atoms with van der Waals surface area (Å²) >= 11 is 5.74. The Hall–Kier alpha value is -2.82. The summed E-state index contributed by atoms with van der Waals surface area (Å²) in [5.74, 6) is -0.541. The van der Waals surface area contributed by atoms with Crippen LogP contribution in [0.5, 0.6) is 0 Å². The van der Waals surface area contributed by atoms with Crippen LogP contribution < -0.4 is 33.2 Å². The van der Waals surface area contributed by atoms with Gasteiger partial charge in [0.05, 0.1) is 0 Å². The standard InChI is InChI=1S/C12H20ClN9O2/c1-3-5(19-12(17-2)22-11(16)24)4-18-10(23)6-8(14)21-9(15)7(13)20-6/h5H,3-4H2,1-2H3,(H,18,23)(H4,14,15,21)(H4,16,17,19,22,24). The van der Waals surface area contributed by atoms with Gasteiger partial charge in [-0.2, -0.15) is 0 Å². The van der Waals surface area contributed by atoms with Crippen LogP contribution in [0, 0.1) is 0 Å². The van der Waals surface area contributed by atoms with Crippen molar-refractivity contribution < 1.29 is 9.59 Å². The summed E-state index contributed by atoms with van der Waals surface area (Å²) in [5.41, 5.74) is 16.0. The highest BCUT2D eigenvalue weighted by atomic mass is 35.5. The van der Waals surface area contributed by atoms with E-state index in [1.807, 2.05) is 6.92 Å². The summed E-state index contributed by atoms with van der Waals surface area (Å²) in [6.45, 7) is 2.09. The smallest absolute Gasteiger partial charge is 0.318 e. The van der Waals surface area contributed by atoms with E-state index >= 15 is 0 Å². The number of aromatic nitrogens is 2. The Morgan fingerprint density at radius 3 is 2.50 bits per heavy atom. The van der Waals surface area contributed by atoms with Crippen LogP contribution in [0.1, 0.15) is 23.8 Å². The molecule has 12 heteroatoms. The van der Waals surface area contributed by atoms with E-state index in [0.717, 1.165) is 0 Å². The molecule has 0 fully saturated rings. The maximum atomic E-state index is 12.1. The van der Waals surface area contributed by atoms with E-state index in [0.29, 0.717) is 6.42 Å². The van der Waals surface area contributed by atoms with Gasteiger partial charge in [0, 0.05) is 19.6 Å². The van der Waals surface area contributed by atoms with Gasteiger partial charge in [0.15, 0.2) is 28.4 Å². The second kappa shape index (κ2) is 8.72. The average Bonchev–Trinajstić information content (AvgIpc) is 2.52. The van der Waals surface area contributed by atoms with Gasteiger partial charge < -0.3 is 27.8 Å². The van der Waals surface area contributed by atoms with Crippen molar-refractivity contribution in [3.8, 4) is 0 Å². The summed E-state index contributed by atoms with van der Waals surface area (Å²) in [6.07, 6.45) is 0.628. The summed E-state index contributed by atoms with van der Waals surface area (Å²) in [4.78, 5) is 34.4. The Kier molecular flexibility index (Phi) is 6.98. The van der Waals surface area contributed by atoms with E-state index in [2.05, 4.69) is 30.9 Å². The van der Waals surface area contributed by atoms with Crippen molar-refractivity contribution >= 4 is 41.1 Å². The Morgan fingerprint density at radius 2 is 1.96 bits per heavy atom. The van der Waals surface area contributed by atoms with E-state index in [-0.39, 0.29) is 41.0 Å². The van der Waals surface area contributed by atoms with E-state index < -0.39 is 11.9 Å². The third kappa shape index (κ3) is 5.43. The quantitative estimate of drug-likeness (QED) is 0.289. The Labute approximate surface area is 143 Å². The number of amides is 3. The monoisotopic (exact) mass is 357 g/mol. The predicted molar refractivity (Wildman–Crippen MR) is 91.5 cm³/mol. The molecule has 1 aromatic rings. The number of halogens is 1. The third-order valence-corrected chi connectivity index (χ3v) is 3.21. The molecule has 0 aromatic carbocycles. The number of nitrogen functional groups attached to an aromatic ring is 2. The zero-order valence-corrected chi connectivity index (χ0v) is 14.0. The third-order valence-electron chi connectivity index (χ3n) is 2.93. The maximum Gasteiger partial charge on any atom is 0.318 e. The Bertz CT molecular complexity index is 650. The number of carbonyl (C=O) groups is 2. The fourth-order valence-electron chi connectivity index (χ4n) is 1.67. The summed E-state index contributed by atoms with van der Waals surface area (Å²) in [5, 5.41) is 7.80. The highest BCUT2D eigenvalue weighted by molar-refractivity contribution is 6.31. The fourth-order valence-corrected chi connectivity index (χ4v) is 1.80. The first kappa shape index (κ1) is 19.2. The molecule has 0 aliphatic carbocycles. The van der Waals surface area contributed by atoms with Crippen LogP contribution in [0.25, 0.3) is 0 Å². The topological polar surface area (TPSA) is 186 Å². The number of hydrogen-bond donors (Lipinski definition) is 6. The molecule has 1 unspecified atom stereocenters. The van der Waals surface area contributed by atoms with Crippen molar-refractivity contribution in [1.29, 1.82) is 0 Å². The molecular weight excluding hydrogens is 338 g/mol. The zero-order valence-electron chi connectivity index (χ0n) is 13.3. The minimum absolute atomic E-state index is 0.0554. The lowest BCUT2D eigenvalue weighted by Crippen LogP contribution is -2.50. The Balaban J connectivity index is 2.70. The van der Waals surface area contributed by atoms with Crippen LogP contribution in [-0.2, 0) is 0 Å². The van der Waals surface area contributed by atoms with E-state index in [1.165, 1.54) is 7.05 Å². The van der Waals surface area contributed by atoms with Gasteiger partial charge in [0.2, 0.25) is 0 Å². The molecule has 11 nitrogen and oxygen atoms in total. The SMILES string of the molecule is CCC(CNC(=O)c1nc(Cl)c(N)nc1N)NC(=NC)NC(N)=O. The second-order valence-corrected chi connectivity index (χ2v) is 5.01. The van der Waals surface area contributed by atoms with Crippen LogP contribution >= 0.6 is 11.6 Å². The summed E-state index contributed by atoms with van der Waals surface area (Å²) in [6, 6.07) is -0.973. The van der Waals surface area contributed by atoms with Crippen LogP contribution in [0.4, 0.5) is 16.4 Å². The number of rotatable bonds is 5. The number of anilines is 2. The lowest BCUT2D eigenvalue weighted by molar-refractivity contribution is 0.0945. The highest BCUT2D eigenvalue weighted by Gasteiger charge is 2.17. The molecule has 9 N–H and O–H groups in total. The molecule has 0 bridgehead atoms. The van der Waals surface area contributed by atoms with Gasteiger partial charge in [0.25, 0.3) is 5.91 Å². The minimum Gasteiger partial charge on any atom is -0.382 e. The molecule has 0 saturated carbocycles. The molecule has 1 heterocycles. The first-order chi connectivity index (χ1) is 11.3. The van der Waals surface area contributed by atoms with Gasteiger partial charge in [-0.05, 0) is 6.42 Å². The molecule has 0 aliphatic heterocycles. The van der Waals surface area contributed by atoms with Crippen molar-refractivity contribution in [2.75, 3.05) is 25.1 Å². The number of nitrogens with two attached hydrogens (primary N) is 3. The molecule has 132 valence electrons. The number of nitrogens with zero attached hydrogens (tertiary/aromatic N) is 3. The maximum absolute atomic E-state index is 12.1. The van der Waals surface area contributed by atoms with Gasteiger partial charge in [0.1, 0.15) is 0 Å². The van der Waals surface area contributed by atoms with Crippen LogP contribution in [0.3, 0.4) is 0 Å². The van der Waals surface area contributed by atoms with Gasteiger partial charge in [-0.3, -0.25) is 15.1 Å². The molecule has 1 rings (SSSR count). The number of carbonyl (C=O) groups excluding carboxylic acids is 2. The van der Waals surface area contributed by atoms with Gasteiger partial charge >= 0.3 is 6.03 Å². The first-order valence-electron chi connectivity index (χ1n) is 6.94. The van der Waals surface area contributed by atoms with Crippen molar-refractivity contribution in [2.45, 2.75) is 19.4 Å². The van der Waals surface area contributed by atoms with Crippen molar-refractivity contribution in [3.05, 3.63) is 10.8 Å². The molecule has 0 spiro atoms. The molecule has 3 amide bonds. The largest absolute Gasteiger partial charge is 0.382 e. The molecule has 0 saturated heterocycles. The number of hydrogen-bond acceptors (Lipinski definition) is 7. The fraction of sp³-hybridized carbons (Fsp3) is 0.417. The van der Waals surface area contributed by atoms with Crippen molar-refractivity contribution in [2.24, 2.45) is 10.7 Å². The number of urea groups is 1. The molecule has 0 aliphatic rings. The lowest BCUT2D eigenvalue weighted by atomic mass is 10.2. The van der Waals surface area contributed by atoms with Crippen LogP contribution in [0.15, 0.2) is 4.99 Å².